The highest BCUT2D eigenvalue weighted by Crippen LogP contribution is 2.24. The average molecular weight is 271 g/mol. The topological polar surface area (TPSA) is 98.2 Å². The first-order chi connectivity index (χ1) is 8.25. The molecule has 0 radical (unpaired) electrons. The molecule has 1 rings (SSSR count). The van der Waals surface area contributed by atoms with E-state index in [2.05, 4.69) is 19.2 Å². The standard InChI is InChI=1S/C12H21N3O2S/c1-4-8(2)9(3)15-12-7-10(18(14,16)17)5-6-11(12)13/h5-9,15H,4,13H2,1-3H3,(H2,14,16,17). The predicted octanol–water partition coefficient (Wildman–Crippen LogP) is 1.76. The van der Waals surface area contributed by atoms with Crippen molar-refractivity contribution in [1.29, 1.82) is 0 Å². The van der Waals surface area contributed by atoms with Crippen LogP contribution in [-0.4, -0.2) is 14.5 Å². The largest absolute Gasteiger partial charge is 0.397 e. The zero-order valence-corrected chi connectivity index (χ0v) is 11.8. The number of nitrogens with two attached hydrogens (primary N) is 2. The monoisotopic (exact) mass is 271 g/mol. The molecule has 1 aromatic carbocycles. The normalized spacial score (nSPS) is 15.1. The van der Waals surface area contributed by atoms with Crippen molar-refractivity contribution in [2.45, 2.75) is 38.1 Å². The van der Waals surface area contributed by atoms with Gasteiger partial charge in [0.25, 0.3) is 0 Å². The third-order valence-corrected chi connectivity index (χ3v) is 4.14. The molecule has 18 heavy (non-hydrogen) atoms. The fraction of sp³-hybridized carbons (Fsp3) is 0.500. The molecule has 0 fully saturated rings. The van der Waals surface area contributed by atoms with E-state index in [0.29, 0.717) is 17.3 Å². The molecule has 0 bridgehead atoms. The van der Waals surface area contributed by atoms with Crippen molar-refractivity contribution in [3.05, 3.63) is 18.2 Å². The second-order valence-electron chi connectivity index (χ2n) is 4.61. The first-order valence-electron chi connectivity index (χ1n) is 5.94. The molecule has 2 atom stereocenters. The Morgan fingerprint density at radius 2 is 1.94 bits per heavy atom. The van der Waals surface area contributed by atoms with Crippen molar-refractivity contribution in [1.82, 2.24) is 0 Å². The SMILES string of the molecule is CCC(C)C(C)Nc1cc(S(N)(=O)=O)ccc1N. The summed E-state index contributed by atoms with van der Waals surface area (Å²) in [6.07, 6.45) is 1.03. The van der Waals surface area contributed by atoms with Gasteiger partial charge in [0.1, 0.15) is 0 Å². The second kappa shape index (κ2) is 5.58. The summed E-state index contributed by atoms with van der Waals surface area (Å²) in [5.41, 5.74) is 6.94. The molecule has 0 spiro atoms. The molecule has 5 nitrogen and oxygen atoms in total. The number of sulfonamides is 1. The molecule has 0 aliphatic rings. The minimum absolute atomic E-state index is 0.0653. The average Bonchev–Trinajstić information content (AvgIpc) is 2.29. The van der Waals surface area contributed by atoms with E-state index in [1.54, 1.807) is 6.07 Å². The van der Waals surface area contributed by atoms with Crippen molar-refractivity contribution in [3.63, 3.8) is 0 Å². The lowest BCUT2D eigenvalue weighted by Crippen LogP contribution is -2.24. The number of nitrogens with one attached hydrogen (secondary N) is 1. The molecular weight excluding hydrogens is 250 g/mol. The van der Waals surface area contributed by atoms with Gasteiger partial charge in [-0.15, -0.1) is 0 Å². The Labute approximate surface area is 109 Å². The van der Waals surface area contributed by atoms with Crippen molar-refractivity contribution in [3.8, 4) is 0 Å². The molecule has 0 aliphatic carbocycles. The van der Waals surface area contributed by atoms with Gasteiger partial charge in [0, 0.05) is 6.04 Å². The molecule has 0 aromatic heterocycles. The third kappa shape index (κ3) is 3.61. The number of hydrogen-bond acceptors (Lipinski definition) is 4. The van der Waals surface area contributed by atoms with E-state index < -0.39 is 10.0 Å². The van der Waals surface area contributed by atoms with Crippen LogP contribution in [0.15, 0.2) is 23.1 Å². The predicted molar refractivity (Wildman–Crippen MR) is 74.8 cm³/mol. The van der Waals surface area contributed by atoms with E-state index in [-0.39, 0.29) is 10.9 Å². The number of nitrogen functional groups attached to an aromatic ring is 1. The maximum atomic E-state index is 11.3. The number of anilines is 2. The van der Waals surface area contributed by atoms with Gasteiger partial charge in [-0.3, -0.25) is 0 Å². The van der Waals surface area contributed by atoms with Crippen LogP contribution in [-0.2, 0) is 10.0 Å². The summed E-state index contributed by atoms with van der Waals surface area (Å²) in [7, 11) is -3.70. The lowest BCUT2D eigenvalue weighted by molar-refractivity contribution is 0.495. The van der Waals surface area contributed by atoms with Crippen LogP contribution in [0, 0.1) is 5.92 Å². The van der Waals surface area contributed by atoms with Gasteiger partial charge in [-0.2, -0.15) is 0 Å². The maximum absolute atomic E-state index is 11.3. The molecule has 0 saturated carbocycles. The van der Waals surface area contributed by atoms with E-state index in [4.69, 9.17) is 10.9 Å². The highest BCUT2D eigenvalue weighted by Gasteiger charge is 2.14. The lowest BCUT2D eigenvalue weighted by atomic mass is 10.0. The molecule has 2 unspecified atom stereocenters. The Balaban J connectivity index is 3.02. The summed E-state index contributed by atoms with van der Waals surface area (Å²) in [6, 6.07) is 4.63. The lowest BCUT2D eigenvalue weighted by Gasteiger charge is -2.22. The quantitative estimate of drug-likeness (QED) is 0.711. The van der Waals surface area contributed by atoms with Gasteiger partial charge in [-0.05, 0) is 31.0 Å². The summed E-state index contributed by atoms with van der Waals surface area (Å²) in [6.45, 7) is 6.27. The molecular formula is C12H21N3O2S. The molecule has 0 aliphatic heterocycles. The van der Waals surface area contributed by atoms with Gasteiger partial charge >= 0.3 is 0 Å². The van der Waals surface area contributed by atoms with Gasteiger partial charge in [0.2, 0.25) is 10.0 Å². The summed E-state index contributed by atoms with van der Waals surface area (Å²) in [5.74, 6) is 0.461. The highest BCUT2D eigenvalue weighted by atomic mass is 32.2. The van der Waals surface area contributed by atoms with Crippen molar-refractivity contribution in [2.24, 2.45) is 11.1 Å². The summed E-state index contributed by atoms with van der Waals surface area (Å²) < 4.78 is 22.6. The van der Waals surface area contributed by atoms with Gasteiger partial charge < -0.3 is 11.1 Å². The van der Waals surface area contributed by atoms with Crippen LogP contribution in [0.5, 0.6) is 0 Å². The van der Waals surface area contributed by atoms with E-state index >= 15 is 0 Å². The maximum Gasteiger partial charge on any atom is 0.238 e. The zero-order valence-electron chi connectivity index (χ0n) is 11.0. The number of hydrogen-bond donors (Lipinski definition) is 3. The fourth-order valence-electron chi connectivity index (χ4n) is 1.58. The van der Waals surface area contributed by atoms with E-state index in [0.717, 1.165) is 6.42 Å². The highest BCUT2D eigenvalue weighted by molar-refractivity contribution is 7.89. The molecule has 1 aromatic rings. The number of primary sulfonamides is 1. The first-order valence-corrected chi connectivity index (χ1v) is 7.49. The van der Waals surface area contributed by atoms with Gasteiger partial charge in [-0.25, -0.2) is 13.6 Å². The molecule has 0 heterocycles. The molecule has 5 N–H and O–H groups in total. The van der Waals surface area contributed by atoms with E-state index in [9.17, 15) is 8.42 Å². The van der Waals surface area contributed by atoms with Crippen LogP contribution in [0.2, 0.25) is 0 Å². The van der Waals surface area contributed by atoms with Crippen LogP contribution in [0.3, 0.4) is 0 Å². The van der Waals surface area contributed by atoms with Crippen molar-refractivity contribution >= 4 is 21.4 Å². The number of rotatable bonds is 5. The second-order valence-corrected chi connectivity index (χ2v) is 6.17. The Kier molecular flexibility index (Phi) is 4.59. The third-order valence-electron chi connectivity index (χ3n) is 3.23. The number of benzene rings is 1. The Morgan fingerprint density at radius 3 is 2.44 bits per heavy atom. The van der Waals surface area contributed by atoms with E-state index in [1.807, 2.05) is 6.92 Å². The van der Waals surface area contributed by atoms with E-state index in [1.165, 1.54) is 12.1 Å². The van der Waals surface area contributed by atoms with Crippen molar-refractivity contribution in [2.75, 3.05) is 11.1 Å². The van der Waals surface area contributed by atoms with Crippen LogP contribution in [0.25, 0.3) is 0 Å². The Morgan fingerprint density at radius 1 is 1.33 bits per heavy atom. The Hall–Kier alpha value is -1.27. The smallest absolute Gasteiger partial charge is 0.238 e. The molecule has 6 heteroatoms. The molecule has 0 saturated heterocycles. The fourth-order valence-corrected chi connectivity index (χ4v) is 2.12. The van der Waals surface area contributed by atoms with Crippen LogP contribution in [0.1, 0.15) is 27.2 Å². The van der Waals surface area contributed by atoms with Crippen LogP contribution < -0.4 is 16.2 Å². The van der Waals surface area contributed by atoms with Gasteiger partial charge in [-0.1, -0.05) is 20.3 Å². The first kappa shape index (κ1) is 14.8. The summed E-state index contributed by atoms with van der Waals surface area (Å²) >= 11 is 0. The minimum Gasteiger partial charge on any atom is -0.397 e. The Bertz CT molecular complexity index is 514. The summed E-state index contributed by atoms with van der Waals surface area (Å²) in [5, 5.41) is 8.32. The minimum atomic E-state index is -3.70. The van der Waals surface area contributed by atoms with Crippen molar-refractivity contribution < 1.29 is 8.42 Å². The van der Waals surface area contributed by atoms with Gasteiger partial charge in [0.05, 0.1) is 16.3 Å². The van der Waals surface area contributed by atoms with Crippen LogP contribution in [0.4, 0.5) is 11.4 Å². The summed E-state index contributed by atoms with van der Waals surface area (Å²) in [4.78, 5) is 0.0653. The van der Waals surface area contributed by atoms with Crippen LogP contribution >= 0.6 is 0 Å². The molecule has 0 amide bonds. The molecule has 102 valence electrons. The zero-order chi connectivity index (χ0) is 13.9. The van der Waals surface area contributed by atoms with Gasteiger partial charge in [0.15, 0.2) is 0 Å².